The highest BCUT2D eigenvalue weighted by molar-refractivity contribution is 6.76. The Hall–Kier alpha value is -2.82. The number of ether oxygens (including phenoxy) is 2. The van der Waals surface area contributed by atoms with E-state index < -0.39 is 31.3 Å². The fourth-order valence-corrected chi connectivity index (χ4v) is 5.85. The molecule has 4 rings (SSSR count). The summed E-state index contributed by atoms with van der Waals surface area (Å²) < 4.78 is 55.2. The maximum atomic E-state index is 13.8. The number of carboxylic acid groups (broad SMARTS) is 1. The van der Waals surface area contributed by atoms with E-state index in [9.17, 15) is 23.1 Å². The summed E-state index contributed by atoms with van der Waals surface area (Å²) in [6.45, 7) is 8.39. The molecule has 3 aromatic rings. The minimum Gasteiger partial charge on any atom is -0.530 e. The lowest BCUT2D eigenvalue weighted by atomic mass is 9.73. The number of hydrogen-bond acceptors (Lipinski definition) is 4. The summed E-state index contributed by atoms with van der Waals surface area (Å²) >= 11 is 0. The van der Waals surface area contributed by atoms with Crippen molar-refractivity contribution in [1.82, 2.24) is 9.47 Å². The van der Waals surface area contributed by atoms with Gasteiger partial charge in [-0.3, -0.25) is 0 Å². The molecule has 39 heavy (non-hydrogen) atoms. The number of hydrogen-bond donors (Lipinski definition) is 0. The minimum absolute atomic E-state index is 0.000299. The molecule has 0 bridgehead atoms. The Bertz CT molecular complexity index is 1260. The Morgan fingerprint density at radius 2 is 1.74 bits per heavy atom. The predicted molar refractivity (Wildman–Crippen MR) is 145 cm³/mol. The van der Waals surface area contributed by atoms with E-state index in [1.54, 1.807) is 16.8 Å². The smallest absolute Gasteiger partial charge is 0.416 e. The number of rotatable bonds is 10. The Kier molecular flexibility index (Phi) is 8.77. The molecule has 212 valence electrons. The van der Waals surface area contributed by atoms with Crippen LogP contribution < -0.4 is 5.11 Å². The number of halogens is 3. The van der Waals surface area contributed by atoms with Crippen LogP contribution in [0, 0.1) is 0 Å². The van der Waals surface area contributed by atoms with E-state index in [2.05, 4.69) is 19.6 Å². The minimum atomic E-state index is -4.50. The lowest BCUT2D eigenvalue weighted by Gasteiger charge is -2.43. The highest BCUT2D eigenvalue weighted by Crippen LogP contribution is 2.37. The maximum Gasteiger partial charge on any atom is 0.416 e. The quantitative estimate of drug-likeness (QED) is 0.230. The van der Waals surface area contributed by atoms with Crippen molar-refractivity contribution in [3.63, 3.8) is 0 Å². The summed E-state index contributed by atoms with van der Waals surface area (Å²) in [5.74, 6) is 0. The number of carbonyl (C=O) groups is 1. The molecule has 0 spiro atoms. The van der Waals surface area contributed by atoms with Crippen LogP contribution in [0.25, 0.3) is 10.9 Å². The van der Waals surface area contributed by atoms with Crippen molar-refractivity contribution in [1.29, 1.82) is 0 Å². The van der Waals surface area contributed by atoms with Crippen LogP contribution in [-0.2, 0) is 34.4 Å². The van der Waals surface area contributed by atoms with Crippen molar-refractivity contribution in [2.75, 3.05) is 26.3 Å². The van der Waals surface area contributed by atoms with E-state index in [0.717, 1.165) is 17.7 Å². The van der Waals surface area contributed by atoms with Gasteiger partial charge in [0.1, 0.15) is 12.8 Å². The average Bonchev–Trinajstić information content (AvgIpc) is 3.29. The zero-order valence-corrected chi connectivity index (χ0v) is 23.7. The third-order valence-corrected chi connectivity index (χ3v) is 9.23. The number of carbonyl (C=O) groups excluding carboxylic acids is 1. The third-order valence-electron chi connectivity index (χ3n) is 7.53. The van der Waals surface area contributed by atoms with Crippen molar-refractivity contribution in [3.05, 3.63) is 71.4 Å². The Morgan fingerprint density at radius 1 is 1.05 bits per heavy atom. The number of aromatic nitrogens is 1. The van der Waals surface area contributed by atoms with Crippen LogP contribution in [0.15, 0.2) is 54.7 Å². The second-order valence-electron chi connectivity index (χ2n) is 11.6. The van der Waals surface area contributed by atoms with E-state index in [4.69, 9.17) is 9.47 Å². The van der Waals surface area contributed by atoms with E-state index in [1.807, 2.05) is 30.3 Å². The van der Waals surface area contributed by atoms with Gasteiger partial charge in [-0.05, 0) is 48.2 Å². The topological polar surface area (TPSA) is 66.8 Å². The molecular formula is C29H36F3N2O4Si-. The maximum absolute atomic E-state index is 13.8. The van der Waals surface area contributed by atoms with Gasteiger partial charge in [0.15, 0.2) is 0 Å². The van der Waals surface area contributed by atoms with Crippen LogP contribution in [-0.4, -0.2) is 49.9 Å². The number of likely N-dealkylation sites (tertiary alicyclic amines) is 1. The van der Waals surface area contributed by atoms with Crippen molar-refractivity contribution in [2.45, 2.75) is 63.5 Å². The fourth-order valence-electron chi connectivity index (χ4n) is 5.09. The fraction of sp³-hybridized carbons (Fsp3) is 0.483. The first-order valence-corrected chi connectivity index (χ1v) is 16.9. The van der Waals surface area contributed by atoms with Crippen LogP contribution in [0.4, 0.5) is 18.0 Å². The molecule has 0 unspecified atom stereocenters. The molecule has 1 aliphatic rings. The molecule has 0 radical (unpaired) electrons. The van der Waals surface area contributed by atoms with Gasteiger partial charge in [0.2, 0.25) is 0 Å². The molecule has 1 aromatic heterocycles. The van der Waals surface area contributed by atoms with E-state index >= 15 is 0 Å². The molecule has 2 heterocycles. The molecule has 2 aromatic carbocycles. The first kappa shape index (κ1) is 29.2. The summed E-state index contributed by atoms with van der Waals surface area (Å²) in [7, 11) is -1.28. The SMILES string of the molecule is C[Si](C)(C)CCOCn1ccc2c(COCC3(c4ccccc4)CCN(C(=O)[O-])CC3)cc(C(F)(F)F)cc21. The molecule has 0 saturated carbocycles. The molecule has 1 amide bonds. The molecule has 1 aliphatic heterocycles. The third kappa shape index (κ3) is 7.23. The van der Waals surface area contributed by atoms with Crippen LogP contribution in [0.2, 0.25) is 25.7 Å². The number of alkyl halides is 3. The van der Waals surface area contributed by atoms with Gasteiger partial charge in [-0.1, -0.05) is 50.0 Å². The summed E-state index contributed by atoms with van der Waals surface area (Å²) in [6.07, 6.45) is -2.87. The van der Waals surface area contributed by atoms with Gasteiger partial charge < -0.3 is 28.8 Å². The summed E-state index contributed by atoms with van der Waals surface area (Å²) in [5, 5.41) is 12.0. The zero-order chi connectivity index (χ0) is 28.3. The zero-order valence-electron chi connectivity index (χ0n) is 22.7. The molecule has 0 aliphatic carbocycles. The van der Waals surface area contributed by atoms with E-state index in [-0.39, 0.29) is 19.9 Å². The van der Waals surface area contributed by atoms with Crippen LogP contribution >= 0.6 is 0 Å². The van der Waals surface area contributed by atoms with E-state index in [1.165, 1.54) is 11.0 Å². The second kappa shape index (κ2) is 11.7. The normalized spacial score (nSPS) is 16.1. The van der Waals surface area contributed by atoms with Crippen molar-refractivity contribution in [3.8, 4) is 0 Å². The van der Waals surface area contributed by atoms with Gasteiger partial charge in [-0.25, -0.2) is 0 Å². The first-order chi connectivity index (χ1) is 18.4. The average molecular weight is 562 g/mol. The number of amides is 1. The van der Waals surface area contributed by atoms with Crippen LogP contribution in [0.5, 0.6) is 0 Å². The first-order valence-electron chi connectivity index (χ1n) is 13.2. The van der Waals surface area contributed by atoms with Crippen LogP contribution in [0.3, 0.4) is 0 Å². The molecule has 1 fully saturated rings. The lowest BCUT2D eigenvalue weighted by Crippen LogP contribution is -2.51. The highest BCUT2D eigenvalue weighted by atomic mass is 28.3. The van der Waals surface area contributed by atoms with E-state index in [0.29, 0.717) is 49.0 Å². The van der Waals surface area contributed by atoms with Gasteiger partial charge >= 0.3 is 6.18 Å². The Labute approximate surface area is 228 Å². The van der Waals surface area contributed by atoms with Gasteiger partial charge in [-0.15, -0.1) is 0 Å². The van der Waals surface area contributed by atoms with Crippen molar-refractivity contribution >= 4 is 25.1 Å². The number of nitrogens with zero attached hydrogens (tertiary/aromatic N) is 2. The molecular weight excluding hydrogens is 525 g/mol. The number of piperidine rings is 1. The number of fused-ring (bicyclic) bond motifs is 1. The molecule has 1 saturated heterocycles. The standard InChI is InChI=1S/C29H37F3N2O4Si/c1-39(2,3)16-15-37-21-34-12-9-25-22(17-24(18-26(25)34)29(30,31)32)19-38-20-28(23-7-5-4-6-8-23)10-13-33(14-11-28)27(35)36/h4-9,12,17-18H,10-11,13-16,19-21H2,1-3H3,(H,35,36)/p-1. The van der Waals surface area contributed by atoms with Gasteiger partial charge in [-0.2, -0.15) is 13.2 Å². The van der Waals surface area contributed by atoms with Gasteiger partial charge in [0.25, 0.3) is 0 Å². The van der Waals surface area contributed by atoms with Crippen molar-refractivity contribution < 1.29 is 32.5 Å². The molecule has 0 atom stereocenters. The predicted octanol–water partition coefficient (Wildman–Crippen LogP) is 5.87. The Balaban J connectivity index is 1.54. The second-order valence-corrected chi connectivity index (χ2v) is 17.2. The lowest BCUT2D eigenvalue weighted by molar-refractivity contribution is -0.267. The van der Waals surface area contributed by atoms with Crippen molar-refractivity contribution in [2.24, 2.45) is 0 Å². The van der Waals surface area contributed by atoms with Crippen LogP contribution in [0.1, 0.15) is 29.5 Å². The summed E-state index contributed by atoms with van der Waals surface area (Å²) in [4.78, 5) is 12.6. The Morgan fingerprint density at radius 3 is 2.36 bits per heavy atom. The molecule has 10 heteroatoms. The summed E-state index contributed by atoms with van der Waals surface area (Å²) in [6, 6.07) is 14.8. The largest absolute Gasteiger partial charge is 0.530 e. The monoisotopic (exact) mass is 561 g/mol. The van der Waals surface area contributed by atoms with Gasteiger partial charge in [0.05, 0.1) is 24.3 Å². The summed E-state index contributed by atoms with van der Waals surface area (Å²) in [5.41, 5.74) is 0.770. The highest BCUT2D eigenvalue weighted by Gasteiger charge is 2.37. The molecule has 6 nitrogen and oxygen atoms in total. The number of benzene rings is 2. The van der Waals surface area contributed by atoms with Gasteiger partial charge in [0, 0.05) is 44.8 Å². The molecule has 0 N–H and O–H groups in total.